The second kappa shape index (κ2) is 5.58. The van der Waals surface area contributed by atoms with Gasteiger partial charge in [-0.05, 0) is 25.0 Å². The first-order chi connectivity index (χ1) is 9.37. The Morgan fingerprint density at radius 3 is 2.80 bits per heavy atom. The van der Waals surface area contributed by atoms with Gasteiger partial charge in [-0.15, -0.1) is 0 Å². The van der Waals surface area contributed by atoms with E-state index in [-0.39, 0.29) is 22.8 Å². The molecule has 108 valence electrons. The van der Waals surface area contributed by atoms with Crippen LogP contribution in [0.15, 0.2) is 18.3 Å². The van der Waals surface area contributed by atoms with Gasteiger partial charge in [-0.1, -0.05) is 0 Å². The molecule has 1 aromatic heterocycles. The maximum atomic E-state index is 12.0. The lowest BCUT2D eigenvalue weighted by atomic mass is 10.1. The van der Waals surface area contributed by atoms with Crippen molar-refractivity contribution in [2.45, 2.75) is 18.9 Å². The van der Waals surface area contributed by atoms with Gasteiger partial charge in [0.25, 0.3) is 5.91 Å². The first-order valence-electron chi connectivity index (χ1n) is 6.08. The third-order valence-corrected chi connectivity index (χ3v) is 4.86. The third kappa shape index (κ3) is 3.53. The summed E-state index contributed by atoms with van der Waals surface area (Å²) in [5.74, 6) is -1.63. The van der Waals surface area contributed by atoms with Crippen molar-refractivity contribution in [3.8, 4) is 0 Å². The lowest BCUT2D eigenvalue weighted by Crippen LogP contribution is -2.43. The zero-order valence-electron chi connectivity index (χ0n) is 10.6. The van der Waals surface area contributed by atoms with E-state index in [4.69, 9.17) is 5.11 Å². The summed E-state index contributed by atoms with van der Waals surface area (Å²) >= 11 is 0. The quantitative estimate of drug-likeness (QED) is 0.817. The van der Waals surface area contributed by atoms with Crippen LogP contribution in [0.2, 0.25) is 0 Å². The molecule has 0 aromatic carbocycles. The van der Waals surface area contributed by atoms with Crippen LogP contribution < -0.4 is 5.32 Å². The number of nitrogens with one attached hydrogen (secondary N) is 1. The highest BCUT2D eigenvalue weighted by molar-refractivity contribution is 7.91. The molecule has 1 aliphatic rings. The van der Waals surface area contributed by atoms with Crippen LogP contribution in [0, 0.1) is 0 Å². The molecular formula is C12H14N2O5S. The number of carbonyl (C=O) groups is 2. The summed E-state index contributed by atoms with van der Waals surface area (Å²) in [6.45, 7) is 0. The van der Waals surface area contributed by atoms with Crippen LogP contribution in [0.25, 0.3) is 0 Å². The van der Waals surface area contributed by atoms with E-state index in [1.165, 1.54) is 12.3 Å². The molecule has 0 saturated carbocycles. The second-order valence-corrected chi connectivity index (χ2v) is 6.89. The number of hydrogen-bond donors (Lipinski definition) is 2. The van der Waals surface area contributed by atoms with Crippen LogP contribution in [0.5, 0.6) is 0 Å². The smallest absolute Gasteiger partial charge is 0.354 e. The average Bonchev–Trinajstić information content (AvgIpc) is 2.37. The number of aromatic carboxylic acids is 1. The Hall–Kier alpha value is -1.96. The standard InChI is InChI=1S/C12H14N2O5S/c15-11(8-3-4-13-10(6-8)12(16)17)14-9-2-1-5-20(18,19)7-9/h3-4,6,9H,1-2,5,7H2,(H,14,15)(H,16,17). The van der Waals surface area contributed by atoms with E-state index in [0.717, 1.165) is 6.07 Å². The van der Waals surface area contributed by atoms with E-state index in [9.17, 15) is 18.0 Å². The molecular weight excluding hydrogens is 284 g/mol. The van der Waals surface area contributed by atoms with E-state index in [2.05, 4.69) is 10.3 Å². The molecule has 2 rings (SSSR count). The number of pyridine rings is 1. The molecule has 0 bridgehead atoms. The summed E-state index contributed by atoms with van der Waals surface area (Å²) in [7, 11) is -3.10. The summed E-state index contributed by atoms with van der Waals surface area (Å²) in [4.78, 5) is 26.4. The molecule has 1 aromatic rings. The first kappa shape index (κ1) is 14.4. The number of nitrogens with zero attached hydrogens (tertiary/aromatic N) is 1. The summed E-state index contributed by atoms with van der Waals surface area (Å²) in [5.41, 5.74) is -0.0747. The molecule has 1 fully saturated rings. The van der Waals surface area contributed by atoms with Gasteiger partial charge in [-0.3, -0.25) is 4.79 Å². The molecule has 1 amide bonds. The van der Waals surface area contributed by atoms with Crippen molar-refractivity contribution in [3.05, 3.63) is 29.6 Å². The molecule has 0 aliphatic carbocycles. The van der Waals surface area contributed by atoms with Crippen molar-refractivity contribution >= 4 is 21.7 Å². The van der Waals surface area contributed by atoms with Crippen LogP contribution in [0.3, 0.4) is 0 Å². The van der Waals surface area contributed by atoms with Gasteiger partial charge in [0.1, 0.15) is 5.69 Å². The molecule has 2 heterocycles. The average molecular weight is 298 g/mol. The predicted octanol–water partition coefficient (Wildman–Crippen LogP) is 0.0868. The van der Waals surface area contributed by atoms with Crippen molar-refractivity contribution in [2.75, 3.05) is 11.5 Å². The molecule has 1 saturated heterocycles. The number of sulfone groups is 1. The van der Waals surface area contributed by atoms with Crippen LogP contribution in [-0.4, -0.2) is 47.9 Å². The van der Waals surface area contributed by atoms with Crippen LogP contribution in [-0.2, 0) is 9.84 Å². The van der Waals surface area contributed by atoms with E-state index in [0.29, 0.717) is 12.8 Å². The highest BCUT2D eigenvalue weighted by Gasteiger charge is 2.26. The van der Waals surface area contributed by atoms with Gasteiger partial charge >= 0.3 is 5.97 Å². The number of rotatable bonds is 3. The van der Waals surface area contributed by atoms with E-state index >= 15 is 0 Å². The summed E-state index contributed by atoms with van der Waals surface area (Å²) < 4.78 is 23.0. The molecule has 0 spiro atoms. The minimum absolute atomic E-state index is 0.0738. The third-order valence-electron chi connectivity index (χ3n) is 3.04. The zero-order chi connectivity index (χ0) is 14.8. The first-order valence-corrected chi connectivity index (χ1v) is 7.90. The zero-order valence-corrected chi connectivity index (χ0v) is 11.4. The Kier molecular flexibility index (Phi) is 4.03. The Labute approximate surface area is 115 Å². The fraction of sp³-hybridized carbons (Fsp3) is 0.417. The fourth-order valence-corrected chi connectivity index (χ4v) is 3.73. The number of carboxylic acids is 1. The molecule has 0 radical (unpaired) electrons. The highest BCUT2D eigenvalue weighted by Crippen LogP contribution is 2.13. The molecule has 1 aliphatic heterocycles. The Morgan fingerprint density at radius 2 is 2.15 bits per heavy atom. The van der Waals surface area contributed by atoms with Crippen molar-refractivity contribution in [1.29, 1.82) is 0 Å². The van der Waals surface area contributed by atoms with Gasteiger partial charge in [0.15, 0.2) is 9.84 Å². The monoisotopic (exact) mass is 298 g/mol. The SMILES string of the molecule is O=C(NC1CCCS(=O)(=O)C1)c1ccnc(C(=O)O)c1. The maximum absolute atomic E-state index is 12.0. The summed E-state index contributed by atoms with van der Waals surface area (Å²) in [5, 5.41) is 11.4. The lowest BCUT2D eigenvalue weighted by Gasteiger charge is -2.23. The van der Waals surface area contributed by atoms with Crippen molar-refractivity contribution in [1.82, 2.24) is 10.3 Å². The Bertz CT molecular complexity index is 641. The molecule has 20 heavy (non-hydrogen) atoms. The van der Waals surface area contributed by atoms with Crippen molar-refractivity contribution in [3.63, 3.8) is 0 Å². The van der Waals surface area contributed by atoms with Crippen molar-refractivity contribution in [2.24, 2.45) is 0 Å². The Balaban J connectivity index is 2.08. The highest BCUT2D eigenvalue weighted by atomic mass is 32.2. The molecule has 8 heteroatoms. The molecule has 2 N–H and O–H groups in total. The normalized spacial score (nSPS) is 21.1. The van der Waals surface area contributed by atoms with Gasteiger partial charge in [0, 0.05) is 17.8 Å². The Morgan fingerprint density at radius 1 is 1.40 bits per heavy atom. The predicted molar refractivity (Wildman–Crippen MR) is 70.3 cm³/mol. The van der Waals surface area contributed by atoms with Gasteiger partial charge in [-0.25, -0.2) is 18.2 Å². The minimum Gasteiger partial charge on any atom is -0.477 e. The van der Waals surface area contributed by atoms with E-state index in [1.807, 2.05) is 0 Å². The van der Waals surface area contributed by atoms with Crippen LogP contribution >= 0.6 is 0 Å². The molecule has 1 unspecified atom stereocenters. The molecule has 1 atom stereocenters. The number of carboxylic acid groups (broad SMARTS) is 1. The number of hydrogen-bond acceptors (Lipinski definition) is 5. The fourth-order valence-electron chi connectivity index (χ4n) is 2.09. The summed E-state index contributed by atoms with van der Waals surface area (Å²) in [6, 6.07) is 2.12. The second-order valence-electron chi connectivity index (χ2n) is 4.66. The maximum Gasteiger partial charge on any atom is 0.354 e. The number of amides is 1. The van der Waals surface area contributed by atoms with E-state index < -0.39 is 27.8 Å². The minimum atomic E-state index is -3.10. The van der Waals surface area contributed by atoms with Crippen LogP contribution in [0.4, 0.5) is 0 Å². The van der Waals surface area contributed by atoms with Crippen molar-refractivity contribution < 1.29 is 23.1 Å². The van der Waals surface area contributed by atoms with Gasteiger partial charge in [0.05, 0.1) is 11.5 Å². The topological polar surface area (TPSA) is 113 Å². The number of aromatic nitrogens is 1. The largest absolute Gasteiger partial charge is 0.477 e. The number of carbonyl (C=O) groups excluding carboxylic acids is 1. The van der Waals surface area contributed by atoms with Gasteiger partial charge in [0.2, 0.25) is 0 Å². The van der Waals surface area contributed by atoms with Gasteiger partial charge in [-0.2, -0.15) is 0 Å². The van der Waals surface area contributed by atoms with E-state index in [1.54, 1.807) is 0 Å². The van der Waals surface area contributed by atoms with Crippen LogP contribution in [0.1, 0.15) is 33.7 Å². The van der Waals surface area contributed by atoms with Gasteiger partial charge < -0.3 is 10.4 Å². The summed E-state index contributed by atoms with van der Waals surface area (Å²) in [6.07, 6.45) is 2.35. The molecule has 7 nitrogen and oxygen atoms in total. The lowest BCUT2D eigenvalue weighted by molar-refractivity contribution is 0.0690.